The van der Waals surface area contributed by atoms with Crippen LogP contribution in [0.15, 0.2) is 12.4 Å². The van der Waals surface area contributed by atoms with E-state index in [1.54, 1.807) is 7.11 Å². The van der Waals surface area contributed by atoms with Crippen molar-refractivity contribution in [1.29, 1.82) is 0 Å². The van der Waals surface area contributed by atoms with Gasteiger partial charge < -0.3 is 14.6 Å². The molecule has 4 nitrogen and oxygen atoms in total. The highest BCUT2D eigenvalue weighted by molar-refractivity contribution is 7.98. The first-order valence-electron chi connectivity index (χ1n) is 5.96. The van der Waals surface area contributed by atoms with Crippen LogP contribution in [0.3, 0.4) is 0 Å². The summed E-state index contributed by atoms with van der Waals surface area (Å²) < 4.78 is 7.30. The quantitative estimate of drug-likeness (QED) is 0.777. The average molecular weight is 257 g/mol. The van der Waals surface area contributed by atoms with Gasteiger partial charge in [-0.25, -0.2) is 4.98 Å². The van der Waals surface area contributed by atoms with Crippen LogP contribution in [0.4, 0.5) is 5.95 Å². The van der Waals surface area contributed by atoms with Gasteiger partial charge in [0.05, 0.1) is 12.6 Å². The van der Waals surface area contributed by atoms with Crippen LogP contribution in [0.1, 0.15) is 26.3 Å². The summed E-state index contributed by atoms with van der Waals surface area (Å²) in [6, 6.07) is 0.746. The van der Waals surface area contributed by atoms with Crippen LogP contribution in [0.2, 0.25) is 0 Å². The molecule has 0 fully saturated rings. The van der Waals surface area contributed by atoms with Crippen LogP contribution in [0, 0.1) is 0 Å². The van der Waals surface area contributed by atoms with E-state index in [0.29, 0.717) is 18.7 Å². The van der Waals surface area contributed by atoms with Gasteiger partial charge in [0.25, 0.3) is 0 Å². The molecule has 0 aromatic carbocycles. The minimum Gasteiger partial charge on any atom is -0.383 e. The third-order valence-corrected chi connectivity index (χ3v) is 3.33. The summed E-state index contributed by atoms with van der Waals surface area (Å²) >= 11 is 1.87. The van der Waals surface area contributed by atoms with E-state index in [9.17, 15) is 0 Å². The largest absolute Gasteiger partial charge is 0.383 e. The zero-order chi connectivity index (χ0) is 12.7. The fourth-order valence-electron chi connectivity index (χ4n) is 1.69. The molecule has 0 spiro atoms. The Morgan fingerprint density at radius 3 is 2.94 bits per heavy atom. The van der Waals surface area contributed by atoms with Crippen molar-refractivity contribution in [3.63, 3.8) is 0 Å². The Morgan fingerprint density at radius 2 is 2.29 bits per heavy atom. The lowest BCUT2D eigenvalue weighted by atomic mass is 10.3. The fraction of sp³-hybridized carbons (Fsp3) is 0.750. The standard InChI is InChI=1S/C12H23N3OS/c1-10(5-8-17-4)14-12-13-6-7-15(12)11(2)9-16-3/h6-7,10-11H,5,8-9H2,1-4H3,(H,13,14). The van der Waals surface area contributed by atoms with Gasteiger partial charge >= 0.3 is 0 Å². The number of hydrogen-bond acceptors (Lipinski definition) is 4. The number of nitrogens with zero attached hydrogens (tertiary/aromatic N) is 2. The van der Waals surface area contributed by atoms with Crippen molar-refractivity contribution in [2.75, 3.05) is 31.0 Å². The van der Waals surface area contributed by atoms with Crippen molar-refractivity contribution in [2.45, 2.75) is 32.4 Å². The number of thioether (sulfide) groups is 1. The van der Waals surface area contributed by atoms with E-state index in [-0.39, 0.29) is 0 Å². The molecular weight excluding hydrogens is 234 g/mol. The van der Waals surface area contributed by atoms with Gasteiger partial charge in [-0.3, -0.25) is 0 Å². The molecule has 1 N–H and O–H groups in total. The number of anilines is 1. The Morgan fingerprint density at radius 1 is 1.53 bits per heavy atom. The van der Waals surface area contributed by atoms with E-state index in [2.05, 4.69) is 35.0 Å². The second-order valence-corrected chi connectivity index (χ2v) is 5.27. The van der Waals surface area contributed by atoms with E-state index in [1.807, 2.05) is 24.2 Å². The van der Waals surface area contributed by atoms with Gasteiger partial charge in [0.2, 0.25) is 5.95 Å². The van der Waals surface area contributed by atoms with E-state index in [4.69, 9.17) is 4.74 Å². The first-order chi connectivity index (χ1) is 8.19. The smallest absolute Gasteiger partial charge is 0.203 e. The van der Waals surface area contributed by atoms with Crippen molar-refractivity contribution in [2.24, 2.45) is 0 Å². The van der Waals surface area contributed by atoms with Gasteiger partial charge in [-0.05, 0) is 32.3 Å². The van der Waals surface area contributed by atoms with Crippen LogP contribution in [0.25, 0.3) is 0 Å². The maximum Gasteiger partial charge on any atom is 0.203 e. The van der Waals surface area contributed by atoms with Crippen LogP contribution < -0.4 is 5.32 Å². The van der Waals surface area contributed by atoms with Crippen molar-refractivity contribution in [3.05, 3.63) is 12.4 Å². The summed E-state index contributed by atoms with van der Waals surface area (Å²) in [6.45, 7) is 5.02. The number of rotatable bonds is 8. The number of methoxy groups -OCH3 is 1. The first kappa shape index (κ1) is 14.4. The van der Waals surface area contributed by atoms with Crippen molar-refractivity contribution >= 4 is 17.7 Å². The lowest BCUT2D eigenvalue weighted by Gasteiger charge is -2.19. The van der Waals surface area contributed by atoms with Crippen molar-refractivity contribution in [1.82, 2.24) is 9.55 Å². The Labute approximate surface area is 108 Å². The molecule has 0 aliphatic rings. The van der Waals surface area contributed by atoms with E-state index >= 15 is 0 Å². The Kier molecular flexibility index (Phi) is 6.44. The normalized spacial score (nSPS) is 14.6. The Hall–Kier alpha value is -0.680. The summed E-state index contributed by atoms with van der Waals surface area (Å²) in [6.07, 6.45) is 7.10. The highest BCUT2D eigenvalue weighted by atomic mass is 32.2. The Bertz CT molecular complexity index is 316. The number of nitrogens with one attached hydrogen (secondary N) is 1. The zero-order valence-electron chi connectivity index (χ0n) is 11.1. The molecule has 17 heavy (non-hydrogen) atoms. The molecule has 98 valence electrons. The number of imidazole rings is 1. The van der Waals surface area contributed by atoms with Crippen LogP contribution in [0.5, 0.6) is 0 Å². The van der Waals surface area contributed by atoms with Gasteiger partial charge in [0, 0.05) is 25.5 Å². The predicted molar refractivity (Wildman–Crippen MR) is 74.9 cm³/mol. The van der Waals surface area contributed by atoms with Gasteiger partial charge in [0.15, 0.2) is 0 Å². The van der Waals surface area contributed by atoms with Gasteiger partial charge in [-0.1, -0.05) is 0 Å². The van der Waals surface area contributed by atoms with Crippen LogP contribution in [-0.4, -0.2) is 41.3 Å². The fourth-order valence-corrected chi connectivity index (χ4v) is 2.28. The number of ether oxygens (including phenoxy) is 1. The summed E-state index contributed by atoms with van der Waals surface area (Å²) in [5.74, 6) is 2.10. The molecular formula is C12H23N3OS. The van der Waals surface area contributed by atoms with Crippen molar-refractivity contribution in [3.8, 4) is 0 Å². The molecule has 2 atom stereocenters. The van der Waals surface area contributed by atoms with Crippen LogP contribution >= 0.6 is 11.8 Å². The molecule has 0 aliphatic carbocycles. The second-order valence-electron chi connectivity index (χ2n) is 4.29. The highest BCUT2D eigenvalue weighted by Gasteiger charge is 2.11. The monoisotopic (exact) mass is 257 g/mol. The van der Waals surface area contributed by atoms with E-state index in [1.165, 1.54) is 5.75 Å². The summed E-state index contributed by atoms with van der Waals surface area (Å²) in [5, 5.41) is 3.45. The second kappa shape index (κ2) is 7.61. The summed E-state index contributed by atoms with van der Waals surface area (Å²) in [7, 11) is 1.72. The summed E-state index contributed by atoms with van der Waals surface area (Å²) in [5.41, 5.74) is 0. The minimum absolute atomic E-state index is 0.303. The van der Waals surface area contributed by atoms with Crippen molar-refractivity contribution < 1.29 is 4.74 Å². The molecule has 5 heteroatoms. The number of aromatic nitrogens is 2. The van der Waals surface area contributed by atoms with E-state index in [0.717, 1.165) is 12.4 Å². The van der Waals surface area contributed by atoms with Gasteiger partial charge in [-0.15, -0.1) is 0 Å². The minimum atomic E-state index is 0.303. The third kappa shape index (κ3) is 4.60. The molecule has 0 radical (unpaired) electrons. The molecule has 1 aromatic rings. The van der Waals surface area contributed by atoms with Gasteiger partial charge in [0.1, 0.15) is 0 Å². The molecule has 1 heterocycles. The van der Waals surface area contributed by atoms with Crippen LogP contribution in [-0.2, 0) is 4.74 Å². The molecule has 0 amide bonds. The summed E-state index contributed by atoms with van der Waals surface area (Å²) in [4.78, 5) is 4.36. The SMILES string of the molecule is COCC(C)n1ccnc1NC(C)CCSC. The van der Waals surface area contributed by atoms with E-state index < -0.39 is 0 Å². The Balaban J connectivity index is 2.56. The maximum absolute atomic E-state index is 5.17. The van der Waals surface area contributed by atoms with Gasteiger partial charge in [-0.2, -0.15) is 11.8 Å². The zero-order valence-corrected chi connectivity index (χ0v) is 12.0. The molecule has 0 aliphatic heterocycles. The number of hydrogen-bond donors (Lipinski definition) is 1. The molecule has 2 unspecified atom stereocenters. The highest BCUT2D eigenvalue weighted by Crippen LogP contribution is 2.15. The predicted octanol–water partition coefficient (Wildman–Crippen LogP) is 2.64. The maximum atomic E-state index is 5.17. The molecule has 0 saturated heterocycles. The lowest BCUT2D eigenvalue weighted by Crippen LogP contribution is -2.21. The average Bonchev–Trinajstić information content (AvgIpc) is 2.75. The molecule has 0 saturated carbocycles. The lowest BCUT2D eigenvalue weighted by molar-refractivity contribution is 0.163. The molecule has 1 rings (SSSR count). The molecule has 0 bridgehead atoms. The molecule has 1 aromatic heterocycles. The topological polar surface area (TPSA) is 39.1 Å². The third-order valence-electron chi connectivity index (χ3n) is 2.68. The first-order valence-corrected chi connectivity index (χ1v) is 7.35.